The van der Waals surface area contributed by atoms with E-state index in [9.17, 15) is 5.11 Å². The smallest absolute Gasteiger partial charge is 0.140 e. The fourth-order valence-corrected chi connectivity index (χ4v) is 3.44. The molecule has 21 heavy (non-hydrogen) atoms. The molecule has 1 heterocycles. The van der Waals surface area contributed by atoms with Gasteiger partial charge in [-0.15, -0.1) is 0 Å². The van der Waals surface area contributed by atoms with Crippen molar-refractivity contribution in [1.29, 1.82) is 0 Å². The monoisotopic (exact) mass is 285 g/mol. The Labute approximate surface area is 125 Å². The number of benzene rings is 1. The lowest BCUT2D eigenvalue weighted by Crippen LogP contribution is -2.50. The minimum absolute atomic E-state index is 0.152. The lowest BCUT2D eigenvalue weighted by atomic mass is 9.79. The van der Waals surface area contributed by atoms with Crippen LogP contribution in [-0.4, -0.2) is 33.9 Å². The second kappa shape index (κ2) is 6.00. The summed E-state index contributed by atoms with van der Waals surface area (Å²) in [6.07, 6.45) is 8.17. The summed E-state index contributed by atoms with van der Waals surface area (Å²) in [5, 5.41) is 13.1. The molecule has 112 valence electrons. The number of nitrogens with one attached hydrogen (secondary N) is 1. The zero-order chi connectivity index (χ0) is 14.7. The molecular formula is C17H23N3O. The zero-order valence-corrected chi connectivity index (χ0v) is 12.5. The third-order valence-corrected chi connectivity index (χ3v) is 4.75. The van der Waals surface area contributed by atoms with Crippen LogP contribution < -0.4 is 5.32 Å². The predicted molar refractivity (Wildman–Crippen MR) is 84.0 cm³/mol. The second-order valence-corrected chi connectivity index (χ2v) is 5.96. The van der Waals surface area contributed by atoms with Gasteiger partial charge in [-0.2, -0.15) is 0 Å². The highest BCUT2D eigenvalue weighted by molar-refractivity contribution is 5.55. The Balaban J connectivity index is 1.90. The average molecular weight is 285 g/mol. The molecule has 1 aliphatic carbocycles. The fraction of sp³-hybridized carbons (Fsp3) is 0.471. The standard InChI is InChI=1S/C17H23N3O/c1-18-17(13-21)9-5-8-15(12-17)20-11-10-19-16(20)14-6-3-2-4-7-14/h2-4,6-7,10-11,15,18,21H,5,8-9,12-13H2,1H3. The highest BCUT2D eigenvalue weighted by atomic mass is 16.3. The summed E-state index contributed by atoms with van der Waals surface area (Å²) >= 11 is 0. The largest absolute Gasteiger partial charge is 0.394 e. The molecule has 1 aromatic carbocycles. The Kier molecular flexibility index (Phi) is 4.08. The molecule has 0 aliphatic heterocycles. The number of aliphatic hydroxyl groups is 1. The number of nitrogens with zero attached hydrogens (tertiary/aromatic N) is 2. The molecule has 0 bridgehead atoms. The summed E-state index contributed by atoms with van der Waals surface area (Å²) in [5.41, 5.74) is 0.994. The van der Waals surface area contributed by atoms with E-state index in [1.807, 2.05) is 31.4 Å². The molecule has 2 N–H and O–H groups in total. The molecule has 2 atom stereocenters. The molecule has 1 aromatic heterocycles. The first-order chi connectivity index (χ1) is 10.3. The number of aromatic nitrogens is 2. The van der Waals surface area contributed by atoms with Gasteiger partial charge in [0.05, 0.1) is 6.61 Å². The molecule has 1 fully saturated rings. The van der Waals surface area contributed by atoms with Crippen molar-refractivity contribution in [1.82, 2.24) is 14.9 Å². The maximum atomic E-state index is 9.76. The van der Waals surface area contributed by atoms with E-state index in [4.69, 9.17) is 0 Å². The van der Waals surface area contributed by atoms with E-state index < -0.39 is 0 Å². The van der Waals surface area contributed by atoms with Crippen LogP contribution in [0.1, 0.15) is 31.7 Å². The summed E-state index contributed by atoms with van der Waals surface area (Å²) in [6, 6.07) is 10.7. The molecule has 1 saturated carbocycles. The second-order valence-electron chi connectivity index (χ2n) is 5.96. The van der Waals surface area contributed by atoms with E-state index in [-0.39, 0.29) is 12.1 Å². The van der Waals surface area contributed by atoms with Crippen LogP contribution in [0.5, 0.6) is 0 Å². The van der Waals surface area contributed by atoms with Crippen molar-refractivity contribution in [3.63, 3.8) is 0 Å². The molecule has 0 amide bonds. The summed E-state index contributed by atoms with van der Waals surface area (Å²) in [5.74, 6) is 1.02. The number of rotatable bonds is 4. The van der Waals surface area contributed by atoms with Crippen LogP contribution in [0.2, 0.25) is 0 Å². The van der Waals surface area contributed by atoms with Crippen molar-refractivity contribution >= 4 is 0 Å². The van der Waals surface area contributed by atoms with Crippen LogP contribution in [0.4, 0.5) is 0 Å². The lowest BCUT2D eigenvalue weighted by Gasteiger charge is -2.40. The van der Waals surface area contributed by atoms with E-state index in [0.717, 1.165) is 37.1 Å². The van der Waals surface area contributed by atoms with Gasteiger partial charge >= 0.3 is 0 Å². The van der Waals surface area contributed by atoms with Crippen LogP contribution in [0, 0.1) is 0 Å². The predicted octanol–water partition coefficient (Wildman–Crippen LogP) is 2.62. The first-order valence-corrected chi connectivity index (χ1v) is 7.66. The molecule has 2 aromatic rings. The van der Waals surface area contributed by atoms with Crippen molar-refractivity contribution in [2.45, 2.75) is 37.3 Å². The van der Waals surface area contributed by atoms with E-state index in [1.54, 1.807) is 0 Å². The Morgan fingerprint density at radius 3 is 2.90 bits per heavy atom. The van der Waals surface area contributed by atoms with Gasteiger partial charge in [-0.3, -0.25) is 0 Å². The summed E-state index contributed by atoms with van der Waals surface area (Å²) in [7, 11) is 1.95. The van der Waals surface area contributed by atoms with Crippen molar-refractivity contribution in [3.05, 3.63) is 42.7 Å². The van der Waals surface area contributed by atoms with Crippen LogP contribution in [0.25, 0.3) is 11.4 Å². The van der Waals surface area contributed by atoms with Crippen LogP contribution in [0.3, 0.4) is 0 Å². The van der Waals surface area contributed by atoms with Crippen LogP contribution >= 0.6 is 0 Å². The number of likely N-dealkylation sites (N-methyl/N-ethyl adjacent to an activating group) is 1. The Hall–Kier alpha value is -1.65. The number of hydrogen-bond donors (Lipinski definition) is 2. The Morgan fingerprint density at radius 2 is 2.19 bits per heavy atom. The number of aliphatic hydroxyl groups excluding tert-OH is 1. The van der Waals surface area contributed by atoms with Gasteiger partial charge in [0.25, 0.3) is 0 Å². The fourth-order valence-electron chi connectivity index (χ4n) is 3.44. The normalized spacial score (nSPS) is 25.9. The molecule has 0 radical (unpaired) electrons. The average Bonchev–Trinajstić information content (AvgIpc) is 3.05. The van der Waals surface area contributed by atoms with Crippen LogP contribution in [0.15, 0.2) is 42.7 Å². The van der Waals surface area contributed by atoms with Crippen molar-refractivity contribution in [2.24, 2.45) is 0 Å². The molecule has 4 heteroatoms. The quantitative estimate of drug-likeness (QED) is 0.908. The van der Waals surface area contributed by atoms with Crippen molar-refractivity contribution in [3.8, 4) is 11.4 Å². The molecule has 1 aliphatic rings. The summed E-state index contributed by atoms with van der Waals surface area (Å²) in [6.45, 7) is 0.190. The number of imidazole rings is 1. The third kappa shape index (κ3) is 2.74. The van der Waals surface area contributed by atoms with Crippen molar-refractivity contribution < 1.29 is 5.11 Å². The molecule has 0 saturated heterocycles. The van der Waals surface area contributed by atoms with Gasteiger partial charge in [0.2, 0.25) is 0 Å². The molecule has 0 spiro atoms. The van der Waals surface area contributed by atoms with E-state index in [2.05, 4.69) is 33.2 Å². The SMILES string of the molecule is CNC1(CO)CCCC(n2ccnc2-c2ccccc2)C1. The molecule has 2 unspecified atom stereocenters. The highest BCUT2D eigenvalue weighted by Gasteiger charge is 2.35. The minimum Gasteiger partial charge on any atom is -0.394 e. The van der Waals surface area contributed by atoms with E-state index >= 15 is 0 Å². The Morgan fingerprint density at radius 1 is 1.38 bits per heavy atom. The van der Waals surface area contributed by atoms with Gasteiger partial charge < -0.3 is 15.0 Å². The van der Waals surface area contributed by atoms with Gasteiger partial charge in [0.15, 0.2) is 0 Å². The summed E-state index contributed by atoms with van der Waals surface area (Å²) in [4.78, 5) is 4.54. The van der Waals surface area contributed by atoms with E-state index in [1.165, 1.54) is 0 Å². The topological polar surface area (TPSA) is 50.1 Å². The summed E-state index contributed by atoms with van der Waals surface area (Å²) < 4.78 is 2.27. The highest BCUT2D eigenvalue weighted by Crippen LogP contribution is 2.37. The van der Waals surface area contributed by atoms with Gasteiger partial charge in [-0.25, -0.2) is 4.98 Å². The third-order valence-electron chi connectivity index (χ3n) is 4.75. The minimum atomic E-state index is -0.152. The number of hydrogen-bond acceptors (Lipinski definition) is 3. The maximum Gasteiger partial charge on any atom is 0.140 e. The lowest BCUT2D eigenvalue weighted by molar-refractivity contribution is 0.105. The first kappa shape index (κ1) is 14.3. The first-order valence-electron chi connectivity index (χ1n) is 7.66. The van der Waals surface area contributed by atoms with Gasteiger partial charge in [0, 0.05) is 29.5 Å². The molecule has 4 nitrogen and oxygen atoms in total. The molecule has 3 rings (SSSR count). The van der Waals surface area contributed by atoms with Gasteiger partial charge in [-0.05, 0) is 32.7 Å². The Bertz CT molecular complexity index is 575. The van der Waals surface area contributed by atoms with Gasteiger partial charge in [0.1, 0.15) is 5.82 Å². The maximum absolute atomic E-state index is 9.76. The van der Waals surface area contributed by atoms with Crippen LogP contribution in [-0.2, 0) is 0 Å². The zero-order valence-electron chi connectivity index (χ0n) is 12.5. The van der Waals surface area contributed by atoms with Gasteiger partial charge in [-0.1, -0.05) is 30.3 Å². The van der Waals surface area contributed by atoms with E-state index in [0.29, 0.717) is 6.04 Å². The van der Waals surface area contributed by atoms with Crippen molar-refractivity contribution in [2.75, 3.05) is 13.7 Å². The molecular weight excluding hydrogens is 262 g/mol.